The molecule has 2 rings (SSSR count). The lowest BCUT2D eigenvalue weighted by molar-refractivity contribution is -0.114. The minimum absolute atomic E-state index is 0.0739. The maximum absolute atomic E-state index is 12.8. The molecule has 0 heterocycles. The Hall–Kier alpha value is -1.97. The van der Waals surface area contributed by atoms with Crippen LogP contribution < -0.4 is 0 Å². The molecule has 1 fully saturated rings. The number of carbonyl (C=O) groups excluding carboxylic acids is 1. The summed E-state index contributed by atoms with van der Waals surface area (Å²) in [5, 5.41) is 9.74. The van der Waals surface area contributed by atoms with Crippen molar-refractivity contribution in [2.75, 3.05) is 0 Å². The van der Waals surface area contributed by atoms with E-state index in [4.69, 9.17) is 0 Å². The minimum atomic E-state index is -0.325. The van der Waals surface area contributed by atoms with E-state index in [2.05, 4.69) is 4.99 Å². The zero-order valence-corrected chi connectivity index (χ0v) is 10.1. The fourth-order valence-electron chi connectivity index (χ4n) is 1.93. The van der Waals surface area contributed by atoms with E-state index in [0.29, 0.717) is 36.2 Å². The highest BCUT2D eigenvalue weighted by Crippen LogP contribution is 2.25. The number of ketones is 1. The Morgan fingerprint density at radius 3 is 2.61 bits per heavy atom. The zero-order valence-electron chi connectivity index (χ0n) is 10.1. The third kappa shape index (κ3) is 2.47. The second-order valence-electron chi connectivity index (χ2n) is 4.13. The maximum Gasteiger partial charge on any atom is 0.168 e. The maximum atomic E-state index is 12.8. The number of aliphatic hydroxyl groups excluding tert-OH is 1. The summed E-state index contributed by atoms with van der Waals surface area (Å²) in [5.74, 6) is -0.317. The summed E-state index contributed by atoms with van der Waals surface area (Å²) in [4.78, 5) is 16.0. The number of halogens is 1. The predicted octanol–water partition coefficient (Wildman–Crippen LogP) is 3.48. The van der Waals surface area contributed by atoms with Crippen molar-refractivity contribution in [3.05, 3.63) is 41.4 Å². The number of Topliss-reactive ketones (excluding diaryl/α,β-unsaturated/α-hetero) is 1. The van der Waals surface area contributed by atoms with Gasteiger partial charge >= 0.3 is 0 Å². The summed E-state index contributed by atoms with van der Waals surface area (Å²) in [5.41, 5.74) is 1.51. The molecule has 0 aromatic heterocycles. The molecule has 3 nitrogen and oxygen atoms in total. The summed E-state index contributed by atoms with van der Waals surface area (Å²) in [6.45, 7) is 1.78. The first-order valence-electron chi connectivity index (χ1n) is 5.90. The Morgan fingerprint density at radius 1 is 1.33 bits per heavy atom. The minimum Gasteiger partial charge on any atom is -0.512 e. The summed E-state index contributed by atoms with van der Waals surface area (Å²) >= 11 is 0. The third-order valence-electron chi connectivity index (χ3n) is 2.87. The van der Waals surface area contributed by atoms with Crippen molar-refractivity contribution in [2.45, 2.75) is 26.2 Å². The summed E-state index contributed by atoms with van der Waals surface area (Å²) < 4.78 is 12.8. The van der Waals surface area contributed by atoms with Crippen LogP contribution in [0.5, 0.6) is 0 Å². The molecule has 0 spiro atoms. The molecular formula is C14H14FNO2. The number of aliphatic imine (C=N–C) groups is 1. The first-order valence-corrected chi connectivity index (χ1v) is 5.90. The second-order valence-corrected chi connectivity index (χ2v) is 4.13. The lowest BCUT2D eigenvalue weighted by Crippen LogP contribution is -2.04. The van der Waals surface area contributed by atoms with Crippen LogP contribution in [0.1, 0.15) is 26.2 Å². The summed E-state index contributed by atoms with van der Waals surface area (Å²) in [7, 11) is 0. The van der Waals surface area contributed by atoms with E-state index in [1.807, 2.05) is 0 Å². The van der Waals surface area contributed by atoms with Crippen LogP contribution in [0.4, 0.5) is 10.1 Å². The summed E-state index contributed by atoms with van der Waals surface area (Å²) in [6, 6.07) is 5.73. The first kappa shape index (κ1) is 12.5. The van der Waals surface area contributed by atoms with Crippen LogP contribution in [0, 0.1) is 5.82 Å². The zero-order chi connectivity index (χ0) is 13.1. The molecule has 0 unspecified atom stereocenters. The quantitative estimate of drug-likeness (QED) is 0.642. The number of nitrogens with zero attached hydrogens (tertiary/aromatic N) is 1. The van der Waals surface area contributed by atoms with Gasteiger partial charge in [0.05, 0.1) is 17.0 Å². The van der Waals surface area contributed by atoms with Crippen LogP contribution >= 0.6 is 0 Å². The first-order chi connectivity index (χ1) is 8.61. The van der Waals surface area contributed by atoms with Crippen LogP contribution in [-0.2, 0) is 4.79 Å². The Labute approximate surface area is 105 Å². The highest BCUT2D eigenvalue weighted by Gasteiger charge is 2.27. The topological polar surface area (TPSA) is 49.7 Å². The van der Waals surface area contributed by atoms with Gasteiger partial charge in [0.15, 0.2) is 5.78 Å². The van der Waals surface area contributed by atoms with Crippen molar-refractivity contribution in [3.8, 4) is 0 Å². The van der Waals surface area contributed by atoms with E-state index in [0.717, 1.165) is 0 Å². The molecule has 94 valence electrons. The van der Waals surface area contributed by atoms with Crippen LogP contribution in [-0.4, -0.2) is 16.6 Å². The molecule has 1 aromatic rings. The van der Waals surface area contributed by atoms with Gasteiger partial charge in [-0.3, -0.25) is 9.79 Å². The van der Waals surface area contributed by atoms with Crippen LogP contribution in [0.25, 0.3) is 0 Å². The molecule has 1 aliphatic carbocycles. The number of hydrogen-bond donors (Lipinski definition) is 1. The number of benzene rings is 1. The molecule has 0 aliphatic heterocycles. The van der Waals surface area contributed by atoms with Gasteiger partial charge in [-0.1, -0.05) is 6.92 Å². The molecular weight excluding hydrogens is 233 g/mol. The average molecular weight is 247 g/mol. The Bertz CT molecular complexity index is 529. The molecule has 4 heteroatoms. The van der Waals surface area contributed by atoms with Gasteiger partial charge in [-0.25, -0.2) is 4.39 Å². The van der Waals surface area contributed by atoms with Crippen molar-refractivity contribution in [1.29, 1.82) is 0 Å². The van der Waals surface area contributed by atoms with E-state index < -0.39 is 0 Å². The molecule has 1 aliphatic rings. The lowest BCUT2D eigenvalue weighted by Gasteiger charge is -2.03. The Kier molecular flexibility index (Phi) is 3.55. The van der Waals surface area contributed by atoms with Crippen LogP contribution in [0.3, 0.4) is 0 Å². The molecule has 1 N–H and O–H groups in total. The molecule has 0 radical (unpaired) electrons. The Morgan fingerprint density at radius 2 is 2.00 bits per heavy atom. The molecule has 0 saturated heterocycles. The molecule has 0 amide bonds. The SMILES string of the molecule is CC/C(O)=C1\C(=O)CCC1=Nc1ccc(F)cc1. The normalized spacial score (nSPS) is 20.6. The fraction of sp³-hybridized carbons (Fsp3) is 0.286. The molecule has 0 atom stereocenters. The smallest absolute Gasteiger partial charge is 0.168 e. The Balaban J connectivity index is 2.38. The molecule has 0 bridgehead atoms. The van der Waals surface area contributed by atoms with Crippen molar-refractivity contribution >= 4 is 17.2 Å². The van der Waals surface area contributed by atoms with E-state index in [1.54, 1.807) is 19.1 Å². The van der Waals surface area contributed by atoms with E-state index in [-0.39, 0.29) is 17.4 Å². The van der Waals surface area contributed by atoms with Gasteiger partial charge in [0.1, 0.15) is 11.6 Å². The van der Waals surface area contributed by atoms with Gasteiger partial charge in [0.2, 0.25) is 0 Å². The standard InChI is InChI=1S/C14H14FNO2/c1-2-12(17)14-11(7-8-13(14)18)16-10-5-3-9(15)4-6-10/h3-6,17H,2,7-8H2,1H3/b14-12+,16-11?. The third-order valence-corrected chi connectivity index (χ3v) is 2.87. The van der Waals surface area contributed by atoms with Gasteiger partial charge in [-0.15, -0.1) is 0 Å². The summed E-state index contributed by atoms with van der Waals surface area (Å²) in [6.07, 6.45) is 1.30. The number of aliphatic hydroxyl groups is 1. The molecule has 18 heavy (non-hydrogen) atoms. The number of rotatable bonds is 2. The highest BCUT2D eigenvalue weighted by atomic mass is 19.1. The van der Waals surface area contributed by atoms with Gasteiger partial charge in [-0.05, 0) is 30.7 Å². The second kappa shape index (κ2) is 5.12. The van der Waals surface area contributed by atoms with Gasteiger partial charge in [0, 0.05) is 12.8 Å². The molecule has 1 aromatic carbocycles. The predicted molar refractivity (Wildman–Crippen MR) is 67.7 cm³/mol. The fourth-order valence-corrected chi connectivity index (χ4v) is 1.93. The average Bonchev–Trinajstić information content (AvgIpc) is 2.72. The largest absolute Gasteiger partial charge is 0.512 e. The van der Waals surface area contributed by atoms with E-state index >= 15 is 0 Å². The number of hydrogen-bond acceptors (Lipinski definition) is 3. The lowest BCUT2D eigenvalue weighted by atomic mass is 10.1. The van der Waals surface area contributed by atoms with Gasteiger partial charge in [0.25, 0.3) is 0 Å². The highest BCUT2D eigenvalue weighted by molar-refractivity contribution is 6.28. The van der Waals surface area contributed by atoms with Crippen LogP contribution in [0.15, 0.2) is 40.6 Å². The van der Waals surface area contributed by atoms with Crippen molar-refractivity contribution in [1.82, 2.24) is 0 Å². The van der Waals surface area contributed by atoms with Crippen molar-refractivity contribution < 1.29 is 14.3 Å². The number of allylic oxidation sites excluding steroid dienone is 2. The van der Waals surface area contributed by atoms with Crippen molar-refractivity contribution in [3.63, 3.8) is 0 Å². The number of carbonyl (C=O) groups is 1. The van der Waals surface area contributed by atoms with Gasteiger partial charge in [-0.2, -0.15) is 0 Å². The van der Waals surface area contributed by atoms with Gasteiger partial charge < -0.3 is 5.11 Å². The van der Waals surface area contributed by atoms with Crippen LogP contribution in [0.2, 0.25) is 0 Å². The van der Waals surface area contributed by atoms with E-state index in [1.165, 1.54) is 12.1 Å². The molecule has 1 saturated carbocycles. The monoisotopic (exact) mass is 247 g/mol. The van der Waals surface area contributed by atoms with E-state index in [9.17, 15) is 14.3 Å². The van der Waals surface area contributed by atoms with Crippen molar-refractivity contribution in [2.24, 2.45) is 4.99 Å².